The van der Waals surface area contributed by atoms with Gasteiger partial charge in [0.2, 0.25) is 0 Å². The van der Waals surface area contributed by atoms with Crippen molar-refractivity contribution in [2.45, 2.75) is 35.3 Å². The number of nitrogens with one attached hydrogen (secondary N) is 1. The molecule has 1 atom stereocenters. The molecule has 0 bridgehead atoms. The highest BCUT2D eigenvalue weighted by atomic mass is 35.5. The first-order chi connectivity index (χ1) is 12.3. The number of hydrogen-bond acceptors (Lipinski definition) is 4. The zero-order valence-corrected chi connectivity index (χ0v) is 15.3. The smallest absolute Gasteiger partial charge is 0.153 e. The molecule has 1 N–H and O–H groups in total. The topological polar surface area (TPSA) is 34.4 Å². The van der Waals surface area contributed by atoms with Crippen molar-refractivity contribution >= 4 is 34.3 Å². The van der Waals surface area contributed by atoms with E-state index in [-0.39, 0.29) is 6.10 Å². The van der Waals surface area contributed by atoms with Crippen LogP contribution in [0.3, 0.4) is 0 Å². The molecular weight excluding hydrogens is 354 g/mol. The fraction of sp³-hybridized carbons (Fsp3) is 0.300. The zero-order chi connectivity index (χ0) is 16.8. The molecule has 0 aliphatic carbocycles. The Balaban J connectivity index is 1.46. The summed E-state index contributed by atoms with van der Waals surface area (Å²) >= 11 is 8.23. The van der Waals surface area contributed by atoms with Gasteiger partial charge in [0.25, 0.3) is 0 Å². The first-order valence-corrected chi connectivity index (χ1v) is 9.81. The largest absolute Gasteiger partial charge is 0.459 e. The maximum atomic E-state index is 6.50. The Kier molecular flexibility index (Phi) is 4.01. The molecule has 0 amide bonds. The molecule has 1 aromatic heterocycles. The third-order valence-electron chi connectivity index (χ3n) is 4.92. The summed E-state index contributed by atoms with van der Waals surface area (Å²) in [6, 6.07) is 12.8. The van der Waals surface area contributed by atoms with Gasteiger partial charge in [-0.2, -0.15) is 0 Å². The molecule has 1 fully saturated rings. The quantitative estimate of drug-likeness (QED) is 0.673. The van der Waals surface area contributed by atoms with Crippen LogP contribution in [-0.4, -0.2) is 13.2 Å². The van der Waals surface area contributed by atoms with Gasteiger partial charge in [0.05, 0.1) is 17.7 Å². The van der Waals surface area contributed by atoms with Crippen LogP contribution in [0.2, 0.25) is 5.02 Å². The highest BCUT2D eigenvalue weighted by Gasteiger charge is 2.21. The minimum atomic E-state index is 0.287. The van der Waals surface area contributed by atoms with Gasteiger partial charge >= 0.3 is 0 Å². The number of furan rings is 1. The van der Waals surface area contributed by atoms with E-state index in [2.05, 4.69) is 35.6 Å². The molecule has 5 rings (SSSR count). The van der Waals surface area contributed by atoms with Crippen molar-refractivity contribution in [3.05, 3.63) is 58.3 Å². The Morgan fingerprint density at radius 1 is 1.12 bits per heavy atom. The van der Waals surface area contributed by atoms with Gasteiger partial charge in [-0.05, 0) is 29.8 Å². The first kappa shape index (κ1) is 15.8. The predicted octanol–water partition coefficient (Wildman–Crippen LogP) is 5.34. The molecule has 128 valence electrons. The van der Waals surface area contributed by atoms with Crippen LogP contribution < -0.4 is 5.32 Å². The summed E-state index contributed by atoms with van der Waals surface area (Å²) < 4.78 is 11.5. The third kappa shape index (κ3) is 2.87. The second-order valence-corrected chi connectivity index (χ2v) is 8.09. The number of ether oxygens (including phenoxy) is 1. The van der Waals surface area contributed by atoms with Gasteiger partial charge in [-0.3, -0.25) is 0 Å². The molecule has 0 spiro atoms. The van der Waals surface area contributed by atoms with E-state index in [1.807, 2.05) is 6.07 Å². The zero-order valence-electron chi connectivity index (χ0n) is 13.7. The summed E-state index contributed by atoms with van der Waals surface area (Å²) in [5.74, 6) is 1.07. The van der Waals surface area contributed by atoms with Crippen molar-refractivity contribution in [2.24, 2.45) is 0 Å². The molecule has 3 heterocycles. The fourth-order valence-electron chi connectivity index (χ4n) is 3.49. The number of hydrogen-bond donors (Lipinski definition) is 1. The second kappa shape index (κ2) is 6.36. The van der Waals surface area contributed by atoms with Gasteiger partial charge in [-0.25, -0.2) is 0 Å². The lowest BCUT2D eigenvalue weighted by Gasteiger charge is -2.26. The second-order valence-electron chi connectivity index (χ2n) is 6.53. The summed E-state index contributed by atoms with van der Waals surface area (Å²) in [5.41, 5.74) is 3.33. The molecule has 3 nitrogen and oxygen atoms in total. The van der Waals surface area contributed by atoms with Crippen LogP contribution >= 0.6 is 23.4 Å². The SMILES string of the molecule is Clc1cc(Sc2ccc(C3CCO3)cc2)cc2c3c(oc12)CCNC3. The van der Waals surface area contributed by atoms with Gasteiger partial charge in [0.1, 0.15) is 5.76 Å². The first-order valence-electron chi connectivity index (χ1n) is 8.62. The summed E-state index contributed by atoms with van der Waals surface area (Å²) in [6.07, 6.45) is 2.33. The van der Waals surface area contributed by atoms with E-state index in [0.717, 1.165) is 54.2 Å². The molecule has 3 aromatic rings. The molecule has 2 aliphatic heterocycles. The molecule has 5 heteroatoms. The highest BCUT2D eigenvalue weighted by molar-refractivity contribution is 7.99. The number of halogens is 1. The minimum absolute atomic E-state index is 0.287. The van der Waals surface area contributed by atoms with Crippen molar-refractivity contribution in [2.75, 3.05) is 13.2 Å². The van der Waals surface area contributed by atoms with Crippen LogP contribution in [0.15, 0.2) is 50.6 Å². The van der Waals surface area contributed by atoms with E-state index in [1.54, 1.807) is 11.8 Å². The third-order valence-corrected chi connectivity index (χ3v) is 6.18. The maximum Gasteiger partial charge on any atom is 0.153 e. The molecule has 0 radical (unpaired) electrons. The normalized spacial score (nSPS) is 19.6. The highest BCUT2D eigenvalue weighted by Crippen LogP contribution is 2.39. The molecule has 1 saturated heterocycles. The summed E-state index contributed by atoms with van der Waals surface area (Å²) in [7, 11) is 0. The van der Waals surface area contributed by atoms with E-state index >= 15 is 0 Å². The number of fused-ring (bicyclic) bond motifs is 3. The van der Waals surface area contributed by atoms with Gasteiger partial charge in [-0.15, -0.1) is 0 Å². The predicted molar refractivity (Wildman–Crippen MR) is 101 cm³/mol. The van der Waals surface area contributed by atoms with Crippen molar-refractivity contribution < 1.29 is 9.15 Å². The fourth-order valence-corrected chi connectivity index (χ4v) is 4.71. The van der Waals surface area contributed by atoms with Crippen LogP contribution in [0.25, 0.3) is 11.0 Å². The Morgan fingerprint density at radius 3 is 2.72 bits per heavy atom. The lowest BCUT2D eigenvalue weighted by molar-refractivity contribution is -0.0527. The van der Waals surface area contributed by atoms with Crippen LogP contribution in [0.4, 0.5) is 0 Å². The Labute approximate surface area is 155 Å². The van der Waals surface area contributed by atoms with Crippen LogP contribution in [-0.2, 0) is 17.7 Å². The van der Waals surface area contributed by atoms with Crippen LogP contribution in [0.5, 0.6) is 0 Å². The summed E-state index contributed by atoms with van der Waals surface area (Å²) in [4.78, 5) is 2.34. The Bertz CT molecular complexity index is 931. The van der Waals surface area contributed by atoms with Gasteiger partial charge in [0, 0.05) is 46.7 Å². The van der Waals surface area contributed by atoms with Crippen LogP contribution in [0.1, 0.15) is 29.4 Å². The van der Waals surface area contributed by atoms with Crippen molar-refractivity contribution in [3.8, 4) is 0 Å². The molecular formula is C20H18ClNO2S. The number of benzene rings is 2. The van der Waals surface area contributed by atoms with E-state index in [9.17, 15) is 0 Å². The van der Waals surface area contributed by atoms with Crippen LogP contribution in [0, 0.1) is 0 Å². The molecule has 1 unspecified atom stereocenters. The monoisotopic (exact) mass is 371 g/mol. The van der Waals surface area contributed by atoms with Crippen molar-refractivity contribution in [3.63, 3.8) is 0 Å². The standard InChI is InChI=1S/C20H18ClNO2S/c21-17-10-14(9-15-16-11-22-7-5-19(16)24-20(15)17)25-13-3-1-12(2-4-13)18-6-8-23-18/h1-4,9-10,18,22H,5-8,11H2. The molecule has 2 aromatic carbocycles. The Hall–Kier alpha value is -1.46. The van der Waals surface area contributed by atoms with Gasteiger partial charge < -0.3 is 14.5 Å². The lowest BCUT2D eigenvalue weighted by Crippen LogP contribution is -2.22. The summed E-state index contributed by atoms with van der Waals surface area (Å²) in [6.45, 7) is 2.69. The average molecular weight is 372 g/mol. The van der Waals surface area contributed by atoms with E-state index < -0.39 is 0 Å². The van der Waals surface area contributed by atoms with Gasteiger partial charge in [0.15, 0.2) is 5.58 Å². The minimum Gasteiger partial charge on any atom is -0.459 e. The van der Waals surface area contributed by atoms with Crippen molar-refractivity contribution in [1.82, 2.24) is 5.32 Å². The average Bonchev–Trinajstić information content (AvgIpc) is 2.95. The molecule has 0 saturated carbocycles. The Morgan fingerprint density at radius 2 is 1.96 bits per heavy atom. The van der Waals surface area contributed by atoms with E-state index in [4.69, 9.17) is 20.8 Å². The number of rotatable bonds is 3. The lowest BCUT2D eigenvalue weighted by atomic mass is 10.0. The van der Waals surface area contributed by atoms with E-state index in [1.165, 1.54) is 16.0 Å². The van der Waals surface area contributed by atoms with Gasteiger partial charge in [-0.1, -0.05) is 35.5 Å². The summed E-state index contributed by atoms with van der Waals surface area (Å²) in [5, 5.41) is 5.24. The van der Waals surface area contributed by atoms with E-state index in [0.29, 0.717) is 5.02 Å². The molecule has 2 aliphatic rings. The maximum absolute atomic E-state index is 6.50. The van der Waals surface area contributed by atoms with Crippen molar-refractivity contribution in [1.29, 1.82) is 0 Å². The molecule has 25 heavy (non-hydrogen) atoms.